The molecule has 0 aliphatic carbocycles. The van der Waals surface area contributed by atoms with E-state index < -0.39 is 5.97 Å². The van der Waals surface area contributed by atoms with Crippen LogP contribution in [0.25, 0.3) is 0 Å². The summed E-state index contributed by atoms with van der Waals surface area (Å²) in [6.45, 7) is 0.500. The molecule has 92 valence electrons. The van der Waals surface area contributed by atoms with Crippen LogP contribution in [0.5, 0.6) is 5.75 Å². The Bertz CT molecular complexity index is 512. The average molecular weight is 244 g/mol. The Balaban J connectivity index is 1.85. The van der Waals surface area contributed by atoms with Crippen LogP contribution in [-0.2, 0) is 6.42 Å². The zero-order chi connectivity index (χ0) is 12.8. The number of carbonyl (C=O) groups is 1. The molecule has 1 aromatic carbocycles. The molecule has 0 bridgehead atoms. The first-order valence-corrected chi connectivity index (χ1v) is 5.46. The van der Waals surface area contributed by atoms with Crippen molar-refractivity contribution in [2.24, 2.45) is 0 Å². The molecule has 0 aliphatic heterocycles. The number of rotatable bonds is 5. The van der Waals surface area contributed by atoms with Crippen molar-refractivity contribution in [2.45, 2.75) is 6.42 Å². The van der Waals surface area contributed by atoms with Gasteiger partial charge in [-0.2, -0.15) is 0 Å². The van der Waals surface area contributed by atoms with Crippen LogP contribution in [0.4, 0.5) is 0 Å². The molecule has 0 radical (unpaired) electrons. The second kappa shape index (κ2) is 5.77. The van der Waals surface area contributed by atoms with Crippen molar-refractivity contribution >= 4 is 5.97 Å². The van der Waals surface area contributed by atoms with E-state index in [-0.39, 0.29) is 5.56 Å². The van der Waals surface area contributed by atoms with Crippen LogP contribution >= 0.6 is 0 Å². The van der Waals surface area contributed by atoms with Gasteiger partial charge >= 0.3 is 5.97 Å². The summed E-state index contributed by atoms with van der Waals surface area (Å²) < 4.78 is 5.50. The molecule has 1 heterocycles. The highest BCUT2D eigenvalue weighted by Gasteiger charge is 2.02. The van der Waals surface area contributed by atoms with Crippen LogP contribution in [0.2, 0.25) is 0 Å². The van der Waals surface area contributed by atoms with Gasteiger partial charge in [0.1, 0.15) is 12.1 Å². The van der Waals surface area contributed by atoms with Crippen LogP contribution < -0.4 is 4.74 Å². The summed E-state index contributed by atoms with van der Waals surface area (Å²) >= 11 is 0. The lowest BCUT2D eigenvalue weighted by molar-refractivity contribution is 0.0697. The normalized spacial score (nSPS) is 10.0. The highest BCUT2D eigenvalue weighted by Crippen LogP contribution is 2.12. The molecule has 0 aliphatic rings. The van der Waals surface area contributed by atoms with Crippen molar-refractivity contribution < 1.29 is 14.6 Å². The maximum absolute atomic E-state index is 10.7. The highest BCUT2D eigenvalue weighted by atomic mass is 16.5. The molecule has 0 atom stereocenters. The lowest BCUT2D eigenvalue weighted by atomic mass is 10.2. The summed E-state index contributed by atoms with van der Waals surface area (Å²) in [7, 11) is 0. The number of carboxylic acids is 1. The summed E-state index contributed by atoms with van der Waals surface area (Å²) in [6, 6.07) is 6.32. The first-order valence-electron chi connectivity index (χ1n) is 5.46. The molecule has 1 aromatic heterocycles. The molecule has 2 rings (SSSR count). The van der Waals surface area contributed by atoms with E-state index in [4.69, 9.17) is 9.84 Å². The number of hydrogen-bond donors (Lipinski definition) is 1. The minimum absolute atomic E-state index is 0.249. The topological polar surface area (TPSA) is 72.3 Å². The average Bonchev–Trinajstić information content (AvgIpc) is 2.40. The Labute approximate surface area is 104 Å². The molecule has 0 amide bonds. The summed E-state index contributed by atoms with van der Waals surface area (Å²) in [5, 5.41) is 8.75. The smallest absolute Gasteiger partial charge is 0.335 e. The molecule has 0 fully saturated rings. The molecule has 0 saturated heterocycles. The molecular weight excluding hydrogens is 232 g/mol. The summed E-state index contributed by atoms with van der Waals surface area (Å²) in [4.78, 5) is 18.5. The fourth-order valence-electron chi connectivity index (χ4n) is 1.44. The van der Waals surface area contributed by atoms with Gasteiger partial charge in [0, 0.05) is 18.8 Å². The minimum atomic E-state index is -0.942. The van der Waals surface area contributed by atoms with Gasteiger partial charge in [-0.15, -0.1) is 0 Å². The monoisotopic (exact) mass is 244 g/mol. The Morgan fingerprint density at radius 1 is 1.17 bits per heavy atom. The van der Waals surface area contributed by atoms with Crippen molar-refractivity contribution in [3.05, 3.63) is 54.1 Å². The fraction of sp³-hybridized carbons (Fsp3) is 0.154. The van der Waals surface area contributed by atoms with E-state index in [0.29, 0.717) is 18.8 Å². The molecule has 1 N–H and O–H groups in total. The maximum atomic E-state index is 10.7. The van der Waals surface area contributed by atoms with E-state index in [1.54, 1.807) is 24.5 Å². The zero-order valence-corrected chi connectivity index (χ0v) is 9.61. The number of benzene rings is 1. The lowest BCUT2D eigenvalue weighted by Crippen LogP contribution is -2.02. The Morgan fingerprint density at radius 2 is 1.83 bits per heavy atom. The zero-order valence-electron chi connectivity index (χ0n) is 9.61. The number of carboxylic acid groups (broad SMARTS) is 1. The molecular formula is C13H12N2O3. The lowest BCUT2D eigenvalue weighted by Gasteiger charge is -2.05. The SMILES string of the molecule is O=C(O)c1ccc(OCCc2cncnc2)cc1. The van der Waals surface area contributed by atoms with Gasteiger partial charge in [0.2, 0.25) is 0 Å². The van der Waals surface area contributed by atoms with Crippen molar-refractivity contribution in [3.63, 3.8) is 0 Å². The Morgan fingerprint density at radius 3 is 2.44 bits per heavy atom. The van der Waals surface area contributed by atoms with Crippen LogP contribution in [-0.4, -0.2) is 27.7 Å². The van der Waals surface area contributed by atoms with Crippen molar-refractivity contribution in [1.29, 1.82) is 0 Å². The van der Waals surface area contributed by atoms with Gasteiger partial charge < -0.3 is 9.84 Å². The van der Waals surface area contributed by atoms with E-state index in [9.17, 15) is 4.79 Å². The van der Waals surface area contributed by atoms with Crippen LogP contribution in [0.1, 0.15) is 15.9 Å². The number of ether oxygens (including phenoxy) is 1. The third-order valence-corrected chi connectivity index (χ3v) is 2.37. The van der Waals surface area contributed by atoms with Crippen LogP contribution in [0.3, 0.4) is 0 Å². The number of nitrogens with zero attached hydrogens (tertiary/aromatic N) is 2. The first kappa shape index (κ1) is 12.0. The number of hydrogen-bond acceptors (Lipinski definition) is 4. The van der Waals surface area contributed by atoms with E-state index in [0.717, 1.165) is 5.56 Å². The third-order valence-electron chi connectivity index (χ3n) is 2.37. The van der Waals surface area contributed by atoms with E-state index in [2.05, 4.69) is 9.97 Å². The van der Waals surface area contributed by atoms with Crippen molar-refractivity contribution in [2.75, 3.05) is 6.61 Å². The maximum Gasteiger partial charge on any atom is 0.335 e. The Kier molecular flexibility index (Phi) is 3.86. The van der Waals surface area contributed by atoms with Gasteiger partial charge in [-0.25, -0.2) is 14.8 Å². The quantitative estimate of drug-likeness (QED) is 0.868. The molecule has 0 saturated carbocycles. The third kappa shape index (κ3) is 3.28. The van der Waals surface area contributed by atoms with Gasteiger partial charge in [-0.05, 0) is 29.8 Å². The number of aromatic carboxylic acids is 1. The molecule has 0 unspecified atom stereocenters. The second-order valence-electron chi connectivity index (χ2n) is 3.67. The fourth-order valence-corrected chi connectivity index (χ4v) is 1.44. The van der Waals surface area contributed by atoms with Gasteiger partial charge in [-0.3, -0.25) is 0 Å². The van der Waals surface area contributed by atoms with Gasteiger partial charge in [0.05, 0.1) is 12.2 Å². The summed E-state index contributed by atoms with van der Waals surface area (Å²) in [6.07, 6.45) is 5.67. The Hall–Kier alpha value is -2.43. The first-order chi connectivity index (χ1) is 8.75. The standard InChI is InChI=1S/C13H12N2O3/c16-13(17)11-1-3-12(4-2-11)18-6-5-10-7-14-9-15-8-10/h1-4,7-9H,5-6H2,(H,16,17). The van der Waals surface area contributed by atoms with Crippen molar-refractivity contribution in [3.8, 4) is 5.75 Å². The van der Waals surface area contributed by atoms with E-state index in [1.165, 1.54) is 18.5 Å². The second-order valence-corrected chi connectivity index (χ2v) is 3.67. The van der Waals surface area contributed by atoms with Crippen LogP contribution in [0, 0.1) is 0 Å². The van der Waals surface area contributed by atoms with Gasteiger partial charge in [0.25, 0.3) is 0 Å². The number of aromatic nitrogens is 2. The highest BCUT2D eigenvalue weighted by molar-refractivity contribution is 5.87. The van der Waals surface area contributed by atoms with Gasteiger partial charge in [0.15, 0.2) is 0 Å². The largest absolute Gasteiger partial charge is 0.493 e. The molecule has 5 heteroatoms. The van der Waals surface area contributed by atoms with Crippen LogP contribution in [0.15, 0.2) is 43.0 Å². The predicted octanol–water partition coefficient (Wildman–Crippen LogP) is 1.80. The molecule has 0 spiro atoms. The van der Waals surface area contributed by atoms with E-state index in [1.807, 2.05) is 0 Å². The minimum Gasteiger partial charge on any atom is -0.493 e. The molecule has 5 nitrogen and oxygen atoms in total. The summed E-state index contributed by atoms with van der Waals surface area (Å²) in [5.41, 5.74) is 1.25. The molecule has 2 aromatic rings. The predicted molar refractivity (Wildman–Crippen MR) is 64.6 cm³/mol. The van der Waals surface area contributed by atoms with Crippen molar-refractivity contribution in [1.82, 2.24) is 9.97 Å². The van der Waals surface area contributed by atoms with Gasteiger partial charge in [-0.1, -0.05) is 0 Å². The summed E-state index contributed by atoms with van der Waals surface area (Å²) in [5.74, 6) is -0.292. The van der Waals surface area contributed by atoms with E-state index >= 15 is 0 Å². The molecule has 18 heavy (non-hydrogen) atoms.